The van der Waals surface area contributed by atoms with Crippen molar-refractivity contribution >= 4 is 0 Å². The van der Waals surface area contributed by atoms with Crippen LogP contribution in [0.2, 0.25) is 0 Å². The lowest BCUT2D eigenvalue weighted by molar-refractivity contribution is 0.245. The molecule has 1 saturated carbocycles. The molecule has 0 radical (unpaired) electrons. The third-order valence-corrected chi connectivity index (χ3v) is 4.20. The summed E-state index contributed by atoms with van der Waals surface area (Å²) in [5.41, 5.74) is 4.18. The van der Waals surface area contributed by atoms with Crippen molar-refractivity contribution in [1.82, 2.24) is 10.2 Å². The van der Waals surface area contributed by atoms with Crippen LogP contribution in [0.3, 0.4) is 0 Å². The van der Waals surface area contributed by atoms with Gasteiger partial charge in [-0.25, -0.2) is 0 Å². The zero-order valence-corrected chi connectivity index (χ0v) is 13.6. The Morgan fingerprint density at radius 2 is 1.80 bits per heavy atom. The molecular weight excluding hydrogens is 244 g/mol. The zero-order chi connectivity index (χ0) is 14.5. The minimum absolute atomic E-state index is 0.456. The van der Waals surface area contributed by atoms with Gasteiger partial charge in [-0.3, -0.25) is 0 Å². The summed E-state index contributed by atoms with van der Waals surface area (Å²) in [7, 11) is 0. The average Bonchev–Trinajstić information content (AvgIpc) is 3.20. The fourth-order valence-corrected chi connectivity index (χ4v) is 3.00. The zero-order valence-electron chi connectivity index (χ0n) is 13.6. The smallest absolute Gasteiger partial charge is 0.0449 e. The molecule has 1 aliphatic carbocycles. The number of nitrogens with zero attached hydrogens (tertiary/aromatic N) is 1. The Bertz CT molecular complexity index is 403. The molecular formula is C18H30N2. The molecule has 2 rings (SSSR count). The monoisotopic (exact) mass is 274 g/mol. The molecule has 112 valence electrons. The van der Waals surface area contributed by atoms with Gasteiger partial charge in [0.05, 0.1) is 0 Å². The van der Waals surface area contributed by atoms with Gasteiger partial charge < -0.3 is 10.2 Å². The summed E-state index contributed by atoms with van der Waals surface area (Å²) in [4.78, 5) is 2.61. The summed E-state index contributed by atoms with van der Waals surface area (Å²) in [6.07, 6.45) is 2.87. The molecule has 20 heavy (non-hydrogen) atoms. The number of likely N-dealkylation sites (N-methyl/N-ethyl adjacent to an activating group) is 2. The second-order valence-corrected chi connectivity index (χ2v) is 6.33. The Morgan fingerprint density at radius 1 is 1.15 bits per heavy atom. The van der Waals surface area contributed by atoms with Gasteiger partial charge in [-0.05, 0) is 51.3 Å². The summed E-state index contributed by atoms with van der Waals surface area (Å²) >= 11 is 0. The van der Waals surface area contributed by atoms with E-state index in [1.165, 1.54) is 36.1 Å². The summed E-state index contributed by atoms with van der Waals surface area (Å²) in [6, 6.07) is 7.39. The minimum atomic E-state index is 0.456. The van der Waals surface area contributed by atoms with Gasteiger partial charge in [0.25, 0.3) is 0 Å². The topological polar surface area (TPSA) is 15.3 Å². The van der Waals surface area contributed by atoms with Crippen molar-refractivity contribution in [2.75, 3.05) is 26.2 Å². The lowest BCUT2D eigenvalue weighted by Crippen LogP contribution is -2.36. The number of aryl methyl sites for hydroxylation is 2. The number of rotatable bonds is 8. The SMILES string of the molecule is CCNC(CN(CC)CC1CC1)c1cc(C)cc(C)c1. The number of hydrogen-bond donors (Lipinski definition) is 1. The molecule has 1 aromatic rings. The summed E-state index contributed by atoms with van der Waals surface area (Å²) in [5.74, 6) is 0.969. The third-order valence-electron chi connectivity index (χ3n) is 4.20. The first kappa shape index (κ1) is 15.5. The summed E-state index contributed by atoms with van der Waals surface area (Å²) in [6.45, 7) is 13.5. The molecule has 0 aromatic heterocycles. The van der Waals surface area contributed by atoms with Crippen LogP contribution in [0.5, 0.6) is 0 Å². The van der Waals surface area contributed by atoms with E-state index in [9.17, 15) is 0 Å². The molecule has 1 aromatic carbocycles. The molecule has 1 fully saturated rings. The van der Waals surface area contributed by atoms with Crippen molar-refractivity contribution < 1.29 is 0 Å². The van der Waals surface area contributed by atoms with Crippen molar-refractivity contribution in [1.29, 1.82) is 0 Å². The first-order chi connectivity index (χ1) is 9.62. The first-order valence-corrected chi connectivity index (χ1v) is 8.16. The maximum atomic E-state index is 3.67. The molecule has 0 bridgehead atoms. The van der Waals surface area contributed by atoms with Crippen LogP contribution in [0.4, 0.5) is 0 Å². The maximum Gasteiger partial charge on any atom is 0.0449 e. The lowest BCUT2D eigenvalue weighted by atomic mass is 10.0. The molecule has 0 amide bonds. The van der Waals surface area contributed by atoms with Gasteiger partial charge >= 0.3 is 0 Å². The van der Waals surface area contributed by atoms with E-state index in [0.717, 1.165) is 25.6 Å². The van der Waals surface area contributed by atoms with Crippen molar-refractivity contribution in [3.8, 4) is 0 Å². The number of benzene rings is 1. The van der Waals surface area contributed by atoms with Crippen molar-refractivity contribution in [2.45, 2.75) is 46.6 Å². The average molecular weight is 274 g/mol. The first-order valence-electron chi connectivity index (χ1n) is 8.16. The van der Waals surface area contributed by atoms with Gasteiger partial charge in [-0.15, -0.1) is 0 Å². The molecule has 1 unspecified atom stereocenters. The highest BCUT2D eigenvalue weighted by molar-refractivity contribution is 5.31. The lowest BCUT2D eigenvalue weighted by Gasteiger charge is -2.28. The second kappa shape index (κ2) is 7.24. The Morgan fingerprint density at radius 3 is 2.30 bits per heavy atom. The Balaban J connectivity index is 2.07. The van der Waals surface area contributed by atoms with E-state index in [-0.39, 0.29) is 0 Å². The Labute approximate surface area is 124 Å². The summed E-state index contributed by atoms with van der Waals surface area (Å²) < 4.78 is 0. The largest absolute Gasteiger partial charge is 0.309 e. The van der Waals surface area contributed by atoms with Crippen LogP contribution in [-0.4, -0.2) is 31.1 Å². The predicted octanol–water partition coefficient (Wildman–Crippen LogP) is 3.69. The molecule has 0 saturated heterocycles. The quantitative estimate of drug-likeness (QED) is 0.778. The van der Waals surface area contributed by atoms with E-state index in [1.54, 1.807) is 0 Å². The standard InChI is InChI=1S/C18H30N2/c1-5-19-18(13-20(6-2)12-16-7-8-16)17-10-14(3)9-15(4)11-17/h9-11,16,18-19H,5-8,12-13H2,1-4H3. The second-order valence-electron chi connectivity index (χ2n) is 6.33. The highest BCUT2D eigenvalue weighted by Gasteiger charge is 2.25. The highest BCUT2D eigenvalue weighted by Crippen LogP contribution is 2.30. The molecule has 1 N–H and O–H groups in total. The van der Waals surface area contributed by atoms with Crippen molar-refractivity contribution in [3.63, 3.8) is 0 Å². The predicted molar refractivity (Wildman–Crippen MR) is 87.2 cm³/mol. The van der Waals surface area contributed by atoms with Gasteiger partial charge in [-0.2, -0.15) is 0 Å². The fourth-order valence-electron chi connectivity index (χ4n) is 3.00. The minimum Gasteiger partial charge on any atom is -0.309 e. The molecule has 2 nitrogen and oxygen atoms in total. The normalized spacial score (nSPS) is 16.6. The van der Waals surface area contributed by atoms with Crippen LogP contribution in [0.25, 0.3) is 0 Å². The molecule has 0 heterocycles. The van der Waals surface area contributed by atoms with Gasteiger partial charge in [0, 0.05) is 19.1 Å². The highest BCUT2D eigenvalue weighted by atomic mass is 15.1. The van der Waals surface area contributed by atoms with Crippen LogP contribution >= 0.6 is 0 Å². The Kier molecular flexibility index (Phi) is 5.62. The molecule has 1 aliphatic rings. The van der Waals surface area contributed by atoms with Crippen LogP contribution in [0.15, 0.2) is 18.2 Å². The van der Waals surface area contributed by atoms with Crippen LogP contribution in [0, 0.1) is 19.8 Å². The van der Waals surface area contributed by atoms with Crippen LogP contribution in [0.1, 0.15) is 49.4 Å². The third kappa shape index (κ3) is 4.60. The van der Waals surface area contributed by atoms with E-state index < -0.39 is 0 Å². The number of hydrogen-bond acceptors (Lipinski definition) is 2. The van der Waals surface area contributed by atoms with Gasteiger partial charge in [0.2, 0.25) is 0 Å². The van der Waals surface area contributed by atoms with E-state index in [4.69, 9.17) is 0 Å². The molecule has 1 atom stereocenters. The van der Waals surface area contributed by atoms with E-state index in [2.05, 4.69) is 56.1 Å². The van der Waals surface area contributed by atoms with Gasteiger partial charge in [-0.1, -0.05) is 43.2 Å². The molecule has 0 spiro atoms. The van der Waals surface area contributed by atoms with Crippen LogP contribution < -0.4 is 5.32 Å². The number of nitrogens with one attached hydrogen (secondary N) is 1. The van der Waals surface area contributed by atoms with E-state index in [1.807, 2.05) is 0 Å². The van der Waals surface area contributed by atoms with E-state index in [0.29, 0.717) is 6.04 Å². The van der Waals surface area contributed by atoms with Crippen molar-refractivity contribution in [2.24, 2.45) is 5.92 Å². The van der Waals surface area contributed by atoms with E-state index >= 15 is 0 Å². The van der Waals surface area contributed by atoms with Crippen LogP contribution in [-0.2, 0) is 0 Å². The van der Waals surface area contributed by atoms with Gasteiger partial charge in [0.1, 0.15) is 0 Å². The van der Waals surface area contributed by atoms with Gasteiger partial charge in [0.15, 0.2) is 0 Å². The molecule has 2 heteroatoms. The molecule has 0 aliphatic heterocycles. The summed E-state index contributed by atoms with van der Waals surface area (Å²) in [5, 5.41) is 3.67. The maximum absolute atomic E-state index is 3.67. The Hall–Kier alpha value is -0.860. The fraction of sp³-hybridized carbons (Fsp3) is 0.667. The van der Waals surface area contributed by atoms with Crippen molar-refractivity contribution in [3.05, 3.63) is 34.9 Å².